The zero-order valence-electron chi connectivity index (χ0n) is 6.81. The Balaban J connectivity index is 2.14. The van der Waals surface area contributed by atoms with Gasteiger partial charge in [-0.25, -0.2) is 4.98 Å². The fourth-order valence-electron chi connectivity index (χ4n) is 0.802. The van der Waals surface area contributed by atoms with E-state index in [1.165, 1.54) is 22.7 Å². The van der Waals surface area contributed by atoms with E-state index in [9.17, 15) is 0 Å². The molecule has 0 aliphatic carbocycles. The highest BCUT2D eigenvalue weighted by atomic mass is 32.1. The predicted molar refractivity (Wildman–Crippen MR) is 54.5 cm³/mol. The number of aryl methyl sites for hydroxylation is 1. The molecule has 2 aromatic heterocycles. The molecule has 0 saturated carbocycles. The van der Waals surface area contributed by atoms with Crippen LogP contribution in [0, 0.1) is 6.92 Å². The molecule has 3 N–H and O–H groups in total. The smallest absolute Gasteiger partial charge is 0.211 e. The van der Waals surface area contributed by atoms with E-state index >= 15 is 0 Å². The van der Waals surface area contributed by atoms with Crippen molar-refractivity contribution in [1.82, 2.24) is 15.2 Å². The van der Waals surface area contributed by atoms with Crippen molar-refractivity contribution in [2.24, 2.45) is 0 Å². The van der Waals surface area contributed by atoms with Crippen molar-refractivity contribution in [3.05, 3.63) is 10.4 Å². The lowest BCUT2D eigenvalue weighted by molar-refractivity contribution is 1.05. The highest BCUT2D eigenvalue weighted by Crippen LogP contribution is 2.22. The fourth-order valence-corrected chi connectivity index (χ4v) is 1.90. The third kappa shape index (κ3) is 1.93. The van der Waals surface area contributed by atoms with Crippen molar-refractivity contribution in [2.45, 2.75) is 6.92 Å². The summed E-state index contributed by atoms with van der Waals surface area (Å²) in [4.78, 5) is 4.04. The van der Waals surface area contributed by atoms with E-state index in [1.54, 1.807) is 0 Å². The van der Waals surface area contributed by atoms with Crippen LogP contribution in [0.3, 0.4) is 0 Å². The van der Waals surface area contributed by atoms with Gasteiger partial charge in [-0.15, -0.1) is 21.5 Å². The molecule has 0 aliphatic rings. The highest BCUT2D eigenvalue weighted by Gasteiger charge is 2.02. The summed E-state index contributed by atoms with van der Waals surface area (Å²) in [6.07, 6.45) is 0. The molecule has 0 radical (unpaired) electrons. The molecule has 7 heteroatoms. The number of nitrogens with two attached hydrogens (primary N) is 1. The van der Waals surface area contributed by atoms with Gasteiger partial charge in [-0.2, -0.15) is 0 Å². The molecule has 68 valence electrons. The average molecular weight is 213 g/mol. The number of hydrogen-bond acceptors (Lipinski definition) is 7. The Labute approximate surface area is 82.7 Å². The van der Waals surface area contributed by atoms with Gasteiger partial charge in [0.25, 0.3) is 0 Å². The number of anilines is 3. The third-order valence-electron chi connectivity index (χ3n) is 1.28. The van der Waals surface area contributed by atoms with Gasteiger partial charge in [-0.3, -0.25) is 0 Å². The fraction of sp³-hybridized carbons (Fsp3) is 0.167. The first-order chi connectivity index (χ1) is 6.24. The SMILES string of the molecule is Cc1nnc(Nc2csc(N)n2)s1. The second-order valence-corrected chi connectivity index (χ2v) is 4.39. The Hall–Kier alpha value is -1.21. The Morgan fingerprint density at radius 2 is 2.31 bits per heavy atom. The Morgan fingerprint density at radius 3 is 2.85 bits per heavy atom. The number of hydrogen-bond donors (Lipinski definition) is 2. The van der Waals surface area contributed by atoms with E-state index in [0.717, 1.165) is 16.0 Å². The van der Waals surface area contributed by atoms with Crippen molar-refractivity contribution in [2.75, 3.05) is 11.1 Å². The van der Waals surface area contributed by atoms with Crippen LogP contribution in [0.15, 0.2) is 5.38 Å². The first-order valence-corrected chi connectivity index (χ1v) is 5.22. The van der Waals surface area contributed by atoms with Gasteiger partial charge in [0.2, 0.25) is 5.13 Å². The van der Waals surface area contributed by atoms with Crippen LogP contribution in [0.5, 0.6) is 0 Å². The second-order valence-electron chi connectivity index (χ2n) is 2.32. The number of rotatable bonds is 2. The van der Waals surface area contributed by atoms with Crippen LogP contribution < -0.4 is 11.1 Å². The van der Waals surface area contributed by atoms with Crippen LogP contribution >= 0.6 is 22.7 Å². The average Bonchev–Trinajstić information content (AvgIpc) is 2.62. The Bertz CT molecular complexity index is 368. The topological polar surface area (TPSA) is 76.7 Å². The van der Waals surface area contributed by atoms with Crippen LogP contribution in [0.25, 0.3) is 0 Å². The van der Waals surface area contributed by atoms with Gasteiger partial charge in [-0.05, 0) is 6.92 Å². The minimum atomic E-state index is 0.545. The zero-order valence-corrected chi connectivity index (χ0v) is 8.45. The Morgan fingerprint density at radius 1 is 1.46 bits per heavy atom. The van der Waals surface area contributed by atoms with Gasteiger partial charge in [-0.1, -0.05) is 11.3 Å². The van der Waals surface area contributed by atoms with Crippen molar-refractivity contribution < 1.29 is 0 Å². The molecule has 13 heavy (non-hydrogen) atoms. The summed E-state index contributed by atoms with van der Waals surface area (Å²) in [5, 5.41) is 14.8. The van der Waals surface area contributed by atoms with E-state index in [4.69, 9.17) is 5.73 Å². The molecule has 0 saturated heterocycles. The van der Waals surface area contributed by atoms with E-state index in [2.05, 4.69) is 20.5 Å². The van der Waals surface area contributed by atoms with Crippen LogP contribution in [0.1, 0.15) is 5.01 Å². The molecule has 0 aromatic carbocycles. The number of thiazole rings is 1. The number of nitrogens with one attached hydrogen (secondary N) is 1. The monoisotopic (exact) mass is 213 g/mol. The summed E-state index contributed by atoms with van der Waals surface area (Å²) in [6, 6.07) is 0. The first-order valence-electron chi connectivity index (χ1n) is 3.52. The molecule has 2 heterocycles. The number of aromatic nitrogens is 3. The molecule has 0 atom stereocenters. The summed E-state index contributed by atoms with van der Waals surface area (Å²) in [5.74, 6) is 0.721. The summed E-state index contributed by atoms with van der Waals surface area (Å²) in [7, 11) is 0. The quantitative estimate of drug-likeness (QED) is 0.792. The number of nitrogens with zero attached hydrogens (tertiary/aromatic N) is 3. The molecule has 0 spiro atoms. The molecule has 0 aliphatic heterocycles. The van der Waals surface area contributed by atoms with E-state index < -0.39 is 0 Å². The van der Waals surface area contributed by atoms with Gasteiger partial charge in [0.1, 0.15) is 10.8 Å². The van der Waals surface area contributed by atoms with Crippen molar-refractivity contribution in [3.63, 3.8) is 0 Å². The van der Waals surface area contributed by atoms with Crippen LogP contribution in [0.2, 0.25) is 0 Å². The second kappa shape index (κ2) is 3.27. The van der Waals surface area contributed by atoms with E-state index in [-0.39, 0.29) is 0 Å². The minimum Gasteiger partial charge on any atom is -0.375 e. The molecule has 2 aromatic rings. The van der Waals surface area contributed by atoms with Crippen molar-refractivity contribution in [1.29, 1.82) is 0 Å². The van der Waals surface area contributed by atoms with Crippen LogP contribution in [0.4, 0.5) is 16.1 Å². The van der Waals surface area contributed by atoms with E-state index in [0.29, 0.717) is 5.13 Å². The van der Waals surface area contributed by atoms with Crippen molar-refractivity contribution in [3.8, 4) is 0 Å². The molecule has 5 nitrogen and oxygen atoms in total. The minimum absolute atomic E-state index is 0.545. The largest absolute Gasteiger partial charge is 0.375 e. The lowest BCUT2D eigenvalue weighted by Crippen LogP contribution is -1.90. The highest BCUT2D eigenvalue weighted by molar-refractivity contribution is 7.15. The predicted octanol–water partition coefficient (Wildman–Crippen LogP) is 1.63. The maximum absolute atomic E-state index is 5.47. The number of nitrogen functional groups attached to an aromatic ring is 1. The summed E-state index contributed by atoms with van der Waals surface area (Å²) >= 11 is 2.87. The van der Waals surface area contributed by atoms with Gasteiger partial charge in [0.15, 0.2) is 5.13 Å². The summed E-state index contributed by atoms with van der Waals surface area (Å²) < 4.78 is 0. The third-order valence-corrected chi connectivity index (χ3v) is 2.71. The molecular formula is C6H7N5S2. The lowest BCUT2D eigenvalue weighted by atomic mass is 10.8. The normalized spacial score (nSPS) is 10.2. The summed E-state index contributed by atoms with van der Waals surface area (Å²) in [5.41, 5.74) is 5.47. The van der Waals surface area contributed by atoms with Crippen molar-refractivity contribution >= 4 is 38.8 Å². The van der Waals surface area contributed by atoms with Gasteiger partial charge >= 0.3 is 0 Å². The van der Waals surface area contributed by atoms with Crippen LogP contribution in [-0.2, 0) is 0 Å². The zero-order chi connectivity index (χ0) is 9.26. The molecule has 0 unspecified atom stereocenters. The van der Waals surface area contributed by atoms with Crippen LogP contribution in [-0.4, -0.2) is 15.2 Å². The maximum Gasteiger partial charge on any atom is 0.211 e. The summed E-state index contributed by atoms with van der Waals surface area (Å²) in [6.45, 7) is 1.90. The molecule has 0 bridgehead atoms. The molecular weight excluding hydrogens is 206 g/mol. The molecule has 0 amide bonds. The molecule has 2 rings (SSSR count). The Kier molecular flexibility index (Phi) is 2.11. The maximum atomic E-state index is 5.47. The standard InChI is InChI=1S/C6H7N5S2/c1-3-10-11-6(13-3)9-4-2-12-5(7)8-4/h2H,1H3,(H2,7,8)(H,9,11). The van der Waals surface area contributed by atoms with Gasteiger partial charge < -0.3 is 11.1 Å². The van der Waals surface area contributed by atoms with Gasteiger partial charge in [0, 0.05) is 5.38 Å². The van der Waals surface area contributed by atoms with E-state index in [1.807, 2.05) is 12.3 Å². The lowest BCUT2D eigenvalue weighted by Gasteiger charge is -1.93. The van der Waals surface area contributed by atoms with Gasteiger partial charge in [0.05, 0.1) is 0 Å². The first kappa shape index (κ1) is 8.39. The molecule has 0 fully saturated rings.